The van der Waals surface area contributed by atoms with Crippen LogP contribution in [0, 0.1) is 5.92 Å². The van der Waals surface area contributed by atoms with E-state index in [0.29, 0.717) is 0 Å². The van der Waals surface area contributed by atoms with E-state index in [1.165, 1.54) is 71.0 Å². The number of hydrogen-bond acceptors (Lipinski definition) is 1. The van der Waals surface area contributed by atoms with Crippen molar-refractivity contribution in [2.24, 2.45) is 5.92 Å². The van der Waals surface area contributed by atoms with Crippen molar-refractivity contribution in [1.82, 2.24) is 4.90 Å². The minimum atomic E-state index is 1.03. The summed E-state index contributed by atoms with van der Waals surface area (Å²) in [4.78, 5) is 2.65. The van der Waals surface area contributed by atoms with E-state index in [-0.39, 0.29) is 0 Å². The maximum Gasteiger partial charge on any atom is -0.00161 e. The number of piperidine rings is 1. The topological polar surface area (TPSA) is 3.24 Å². The molecule has 0 aliphatic carbocycles. The molecule has 1 heterocycles. The highest BCUT2D eigenvalue weighted by Crippen LogP contribution is 2.19. The van der Waals surface area contributed by atoms with Gasteiger partial charge in [-0.15, -0.1) is 0 Å². The Morgan fingerprint density at radius 2 is 1.41 bits per heavy atom. The molecule has 0 aromatic heterocycles. The molecule has 1 fully saturated rings. The standard InChI is InChI=1S/C12H25N.C4H10/c1-3-5-6-9-13-10-7-12(4-2)8-11-13;1-3-4-2/h12H,3-11H2,1-2H3;3-4H2,1-2H3. The van der Waals surface area contributed by atoms with Crippen molar-refractivity contribution in [2.75, 3.05) is 19.6 Å². The molecule has 0 amide bonds. The van der Waals surface area contributed by atoms with Gasteiger partial charge in [0.05, 0.1) is 0 Å². The molecule has 0 saturated carbocycles. The van der Waals surface area contributed by atoms with E-state index in [9.17, 15) is 0 Å². The molecule has 0 N–H and O–H groups in total. The highest BCUT2D eigenvalue weighted by molar-refractivity contribution is 4.70. The summed E-state index contributed by atoms with van der Waals surface area (Å²) in [5.41, 5.74) is 0. The van der Waals surface area contributed by atoms with Crippen LogP contribution in [-0.4, -0.2) is 24.5 Å². The van der Waals surface area contributed by atoms with Crippen molar-refractivity contribution in [2.45, 2.75) is 79.1 Å². The first-order valence-electron chi connectivity index (χ1n) is 8.00. The zero-order chi connectivity index (χ0) is 12.9. The molecule has 0 aromatic carbocycles. The summed E-state index contributed by atoms with van der Waals surface area (Å²) in [6, 6.07) is 0. The highest BCUT2D eigenvalue weighted by atomic mass is 15.1. The number of rotatable bonds is 6. The van der Waals surface area contributed by atoms with Crippen LogP contribution in [-0.2, 0) is 0 Å². The molecular formula is C16H35N. The fraction of sp³-hybridized carbons (Fsp3) is 1.00. The van der Waals surface area contributed by atoms with Gasteiger partial charge in [0, 0.05) is 0 Å². The van der Waals surface area contributed by atoms with Crippen molar-refractivity contribution >= 4 is 0 Å². The molecular weight excluding hydrogens is 206 g/mol. The van der Waals surface area contributed by atoms with Gasteiger partial charge in [-0.25, -0.2) is 0 Å². The molecule has 1 aliphatic heterocycles. The second kappa shape index (κ2) is 12.4. The Bertz CT molecular complexity index is 132. The van der Waals surface area contributed by atoms with Crippen LogP contribution in [0.2, 0.25) is 0 Å². The first kappa shape index (κ1) is 17.0. The number of hydrogen-bond donors (Lipinski definition) is 0. The lowest BCUT2D eigenvalue weighted by Gasteiger charge is -2.31. The van der Waals surface area contributed by atoms with Crippen LogP contribution < -0.4 is 0 Å². The molecule has 0 spiro atoms. The second-order valence-electron chi connectivity index (χ2n) is 5.40. The Hall–Kier alpha value is -0.0400. The molecule has 104 valence electrons. The predicted octanol–water partition coefficient (Wildman–Crippen LogP) is 5.11. The summed E-state index contributed by atoms with van der Waals surface area (Å²) in [5, 5.41) is 0. The molecule has 17 heavy (non-hydrogen) atoms. The smallest absolute Gasteiger partial charge is 0.00161 e. The fourth-order valence-electron chi connectivity index (χ4n) is 2.20. The summed E-state index contributed by atoms with van der Waals surface area (Å²) in [6.07, 6.45) is 11.1. The van der Waals surface area contributed by atoms with Crippen molar-refractivity contribution < 1.29 is 0 Å². The zero-order valence-corrected chi connectivity index (χ0v) is 12.8. The van der Waals surface area contributed by atoms with Crippen LogP contribution in [0.5, 0.6) is 0 Å². The van der Waals surface area contributed by atoms with Crippen molar-refractivity contribution in [3.8, 4) is 0 Å². The van der Waals surface area contributed by atoms with Gasteiger partial charge in [-0.05, 0) is 44.8 Å². The van der Waals surface area contributed by atoms with Gasteiger partial charge in [-0.3, -0.25) is 0 Å². The zero-order valence-electron chi connectivity index (χ0n) is 12.8. The average Bonchev–Trinajstić information content (AvgIpc) is 2.40. The van der Waals surface area contributed by atoms with Gasteiger partial charge in [0.1, 0.15) is 0 Å². The number of nitrogens with zero attached hydrogens (tertiary/aromatic N) is 1. The molecule has 1 heteroatoms. The van der Waals surface area contributed by atoms with Gasteiger partial charge >= 0.3 is 0 Å². The highest BCUT2D eigenvalue weighted by Gasteiger charge is 2.16. The number of likely N-dealkylation sites (tertiary alicyclic amines) is 1. The first-order chi connectivity index (χ1) is 8.28. The minimum absolute atomic E-state index is 1.03. The van der Waals surface area contributed by atoms with E-state index in [1.807, 2.05) is 0 Å². The lowest BCUT2D eigenvalue weighted by molar-refractivity contribution is 0.179. The van der Waals surface area contributed by atoms with E-state index in [0.717, 1.165) is 5.92 Å². The molecule has 1 nitrogen and oxygen atoms in total. The lowest BCUT2D eigenvalue weighted by Crippen LogP contribution is -2.34. The van der Waals surface area contributed by atoms with Crippen LogP contribution >= 0.6 is 0 Å². The normalized spacial score (nSPS) is 17.6. The second-order valence-corrected chi connectivity index (χ2v) is 5.40. The van der Waals surface area contributed by atoms with E-state index in [2.05, 4.69) is 32.6 Å². The Kier molecular flexibility index (Phi) is 12.4. The van der Waals surface area contributed by atoms with Gasteiger partial charge in [0.15, 0.2) is 0 Å². The van der Waals surface area contributed by atoms with Crippen molar-refractivity contribution in [1.29, 1.82) is 0 Å². The number of unbranched alkanes of at least 4 members (excludes halogenated alkanes) is 3. The summed E-state index contributed by atoms with van der Waals surface area (Å²) < 4.78 is 0. The fourth-order valence-corrected chi connectivity index (χ4v) is 2.20. The molecule has 0 radical (unpaired) electrons. The van der Waals surface area contributed by atoms with Crippen LogP contribution in [0.15, 0.2) is 0 Å². The van der Waals surface area contributed by atoms with Crippen LogP contribution in [0.4, 0.5) is 0 Å². The molecule has 1 saturated heterocycles. The minimum Gasteiger partial charge on any atom is -0.303 e. The third-order valence-electron chi connectivity index (χ3n) is 3.86. The SMILES string of the molecule is CCCC.CCCCCN1CCC(CC)CC1. The summed E-state index contributed by atoms with van der Waals surface area (Å²) >= 11 is 0. The lowest BCUT2D eigenvalue weighted by atomic mass is 9.94. The maximum atomic E-state index is 2.65. The van der Waals surface area contributed by atoms with E-state index < -0.39 is 0 Å². The largest absolute Gasteiger partial charge is 0.303 e. The van der Waals surface area contributed by atoms with Gasteiger partial charge in [0.2, 0.25) is 0 Å². The van der Waals surface area contributed by atoms with Gasteiger partial charge in [-0.2, -0.15) is 0 Å². The molecule has 1 aliphatic rings. The van der Waals surface area contributed by atoms with Crippen molar-refractivity contribution in [3.63, 3.8) is 0 Å². The third-order valence-corrected chi connectivity index (χ3v) is 3.86. The quantitative estimate of drug-likeness (QED) is 0.584. The molecule has 0 aromatic rings. The molecule has 0 bridgehead atoms. The Morgan fingerprint density at radius 3 is 1.82 bits per heavy atom. The Labute approximate surface area is 110 Å². The van der Waals surface area contributed by atoms with Gasteiger partial charge in [0.25, 0.3) is 0 Å². The van der Waals surface area contributed by atoms with Crippen LogP contribution in [0.25, 0.3) is 0 Å². The summed E-state index contributed by atoms with van der Waals surface area (Å²) in [5.74, 6) is 1.03. The third kappa shape index (κ3) is 9.64. The summed E-state index contributed by atoms with van der Waals surface area (Å²) in [6.45, 7) is 13.1. The summed E-state index contributed by atoms with van der Waals surface area (Å²) in [7, 11) is 0. The Morgan fingerprint density at radius 1 is 0.824 bits per heavy atom. The maximum absolute atomic E-state index is 2.65. The molecule has 0 atom stereocenters. The van der Waals surface area contributed by atoms with E-state index in [1.54, 1.807) is 0 Å². The monoisotopic (exact) mass is 241 g/mol. The van der Waals surface area contributed by atoms with Crippen LogP contribution in [0.3, 0.4) is 0 Å². The van der Waals surface area contributed by atoms with E-state index in [4.69, 9.17) is 0 Å². The van der Waals surface area contributed by atoms with Crippen LogP contribution in [0.1, 0.15) is 79.1 Å². The average molecular weight is 241 g/mol. The van der Waals surface area contributed by atoms with Crippen molar-refractivity contribution in [3.05, 3.63) is 0 Å². The molecule has 1 rings (SSSR count). The van der Waals surface area contributed by atoms with Gasteiger partial charge < -0.3 is 4.90 Å². The molecule has 0 unspecified atom stereocenters. The van der Waals surface area contributed by atoms with E-state index >= 15 is 0 Å². The first-order valence-corrected chi connectivity index (χ1v) is 8.00. The predicted molar refractivity (Wildman–Crippen MR) is 79.6 cm³/mol. The van der Waals surface area contributed by atoms with Gasteiger partial charge in [-0.1, -0.05) is 59.8 Å². The Balaban J connectivity index is 0.000000557.